The monoisotopic (exact) mass is 625 g/mol. The zero-order chi connectivity index (χ0) is 31.7. The number of benzene rings is 2. The van der Waals surface area contributed by atoms with E-state index in [9.17, 15) is 14.6 Å². The average molecular weight is 626 g/mol. The molecule has 46 heavy (non-hydrogen) atoms. The Labute approximate surface area is 266 Å². The minimum absolute atomic E-state index is 0.00203. The van der Waals surface area contributed by atoms with E-state index >= 15 is 4.39 Å². The molecule has 4 aliphatic rings. The number of fused-ring (bicyclic) bond motifs is 5. The number of anilines is 1. The van der Waals surface area contributed by atoms with Gasteiger partial charge in [0.1, 0.15) is 28.6 Å². The van der Waals surface area contributed by atoms with Crippen molar-refractivity contribution in [2.45, 2.75) is 57.1 Å². The highest BCUT2D eigenvalue weighted by molar-refractivity contribution is 6.03. The number of aromatic hydroxyl groups is 1. The number of hydrogen-bond donors (Lipinski definition) is 2. The van der Waals surface area contributed by atoms with E-state index in [4.69, 9.17) is 16.1 Å². The SMILES string of the molecule is C#Cc1c(F)ccc2cc(O)cc(-c3ncc4c(N5CC6CC(O)C(C6)C5)nc(OCC56CCC[C@H]5N(C)CCC6)nc4c3F)c12. The van der Waals surface area contributed by atoms with Crippen LogP contribution in [-0.2, 0) is 0 Å². The standard InChI is InChI=1S/C36H37F2N5O3/c1-3-24-27(37)8-7-21-14-23(44)15-25(30(21)24)32-31(38)33-26(16-39-32)34(43-17-20-12-22(18-43)28(45)13-20)41-35(40-33)46-19-36-9-4-6-29(36)42(2)11-5-10-36/h1,7-8,14-16,20,22,28-29,44-45H,4-6,9-13,17-19H2,2H3/t20?,22?,28?,29-,36?/m1/s1. The number of hydrogen-bond acceptors (Lipinski definition) is 8. The van der Waals surface area contributed by atoms with Gasteiger partial charge in [-0.3, -0.25) is 4.98 Å². The quantitative estimate of drug-likeness (QED) is 0.275. The van der Waals surface area contributed by atoms with E-state index in [0.29, 0.717) is 48.2 Å². The summed E-state index contributed by atoms with van der Waals surface area (Å²) >= 11 is 0. The number of aliphatic hydroxyl groups is 1. The Kier molecular flexibility index (Phi) is 7.03. The molecule has 2 aliphatic heterocycles. The fourth-order valence-corrected chi connectivity index (χ4v) is 9.06. The molecule has 4 heterocycles. The van der Waals surface area contributed by atoms with E-state index in [1.54, 1.807) is 0 Å². The maximum atomic E-state index is 16.9. The van der Waals surface area contributed by atoms with Crippen molar-refractivity contribution in [3.63, 3.8) is 0 Å². The molecule has 2 aliphatic carbocycles. The van der Waals surface area contributed by atoms with E-state index in [2.05, 4.69) is 32.7 Å². The van der Waals surface area contributed by atoms with Crippen LogP contribution in [0.2, 0.25) is 0 Å². The third-order valence-electron chi connectivity index (χ3n) is 11.1. The van der Waals surface area contributed by atoms with Crippen LogP contribution in [0.3, 0.4) is 0 Å². The zero-order valence-electron chi connectivity index (χ0n) is 25.8. The van der Waals surface area contributed by atoms with E-state index in [-0.39, 0.29) is 56.9 Å². The molecule has 2 aromatic carbocycles. The summed E-state index contributed by atoms with van der Waals surface area (Å²) in [6.45, 7) is 2.79. The van der Waals surface area contributed by atoms with Crippen LogP contribution in [0.15, 0.2) is 30.5 Å². The van der Waals surface area contributed by atoms with Gasteiger partial charge >= 0.3 is 6.01 Å². The van der Waals surface area contributed by atoms with Crippen molar-refractivity contribution in [2.75, 3.05) is 38.2 Å². The molecule has 4 unspecified atom stereocenters. The third kappa shape index (κ3) is 4.66. The summed E-state index contributed by atoms with van der Waals surface area (Å²) in [5, 5.41) is 22.4. The van der Waals surface area contributed by atoms with Gasteiger partial charge in [-0.1, -0.05) is 18.4 Å². The molecule has 2 N–H and O–H groups in total. The minimum atomic E-state index is -0.737. The topological polar surface area (TPSA) is 94.8 Å². The zero-order valence-corrected chi connectivity index (χ0v) is 25.8. The van der Waals surface area contributed by atoms with Gasteiger partial charge in [0.05, 0.1) is 23.7 Å². The molecule has 4 fully saturated rings. The number of rotatable bonds is 5. The number of halogens is 2. The van der Waals surface area contributed by atoms with Gasteiger partial charge in [0.2, 0.25) is 0 Å². The van der Waals surface area contributed by atoms with Crippen molar-refractivity contribution in [1.29, 1.82) is 0 Å². The van der Waals surface area contributed by atoms with Crippen LogP contribution in [0.1, 0.15) is 50.5 Å². The number of terminal acetylenes is 1. The number of likely N-dealkylation sites (tertiary alicyclic amines) is 1. The Hall–Kier alpha value is -4.07. The molecular weight excluding hydrogens is 588 g/mol. The van der Waals surface area contributed by atoms with Gasteiger partial charge in [-0.05, 0) is 81.6 Å². The normalized spacial score (nSPS) is 27.7. The van der Waals surface area contributed by atoms with Gasteiger partial charge in [-0.15, -0.1) is 6.42 Å². The summed E-state index contributed by atoms with van der Waals surface area (Å²) in [7, 11) is 2.18. The number of ether oxygens (including phenoxy) is 1. The molecule has 8 nitrogen and oxygen atoms in total. The van der Waals surface area contributed by atoms with Crippen molar-refractivity contribution in [3.05, 3.63) is 47.7 Å². The fraction of sp³-hybridized carbons (Fsp3) is 0.472. The maximum absolute atomic E-state index is 16.9. The first-order valence-corrected chi connectivity index (χ1v) is 16.3. The third-order valence-corrected chi connectivity index (χ3v) is 11.1. The number of piperidine rings is 2. The molecule has 0 amide bonds. The van der Waals surface area contributed by atoms with Crippen molar-refractivity contribution in [3.8, 4) is 35.4 Å². The summed E-state index contributed by atoms with van der Waals surface area (Å²) in [6, 6.07) is 6.07. The minimum Gasteiger partial charge on any atom is -0.508 e. The Morgan fingerprint density at radius 1 is 1.13 bits per heavy atom. The molecule has 4 aromatic rings. The van der Waals surface area contributed by atoms with Crippen LogP contribution in [0, 0.1) is 41.2 Å². The lowest BCUT2D eigenvalue weighted by Crippen LogP contribution is -2.50. The summed E-state index contributed by atoms with van der Waals surface area (Å²) in [5.41, 5.74) is 0.0502. The average Bonchev–Trinajstić information content (AvgIpc) is 3.60. The first-order chi connectivity index (χ1) is 22.2. The largest absolute Gasteiger partial charge is 0.508 e. The van der Waals surface area contributed by atoms with Crippen LogP contribution >= 0.6 is 0 Å². The van der Waals surface area contributed by atoms with Gasteiger partial charge in [0, 0.05) is 47.6 Å². The predicted molar refractivity (Wildman–Crippen MR) is 172 cm³/mol. The van der Waals surface area contributed by atoms with E-state index in [1.807, 2.05) is 0 Å². The number of pyridine rings is 1. The highest BCUT2D eigenvalue weighted by Gasteiger charge is 2.47. The van der Waals surface area contributed by atoms with Crippen LogP contribution in [0.25, 0.3) is 32.9 Å². The molecule has 0 spiro atoms. The van der Waals surface area contributed by atoms with E-state index in [0.717, 1.165) is 51.5 Å². The first-order valence-electron chi connectivity index (χ1n) is 16.3. The van der Waals surface area contributed by atoms with Crippen molar-refractivity contribution in [1.82, 2.24) is 19.9 Å². The van der Waals surface area contributed by atoms with Gasteiger partial charge < -0.3 is 24.7 Å². The van der Waals surface area contributed by atoms with Gasteiger partial charge in [-0.25, -0.2) is 8.78 Å². The molecular formula is C36H37F2N5O3. The van der Waals surface area contributed by atoms with Gasteiger partial charge in [-0.2, -0.15) is 9.97 Å². The Bertz CT molecular complexity index is 1910. The second kappa shape index (κ2) is 11.0. The van der Waals surface area contributed by atoms with Crippen LogP contribution in [0.5, 0.6) is 11.8 Å². The molecule has 238 valence electrons. The molecule has 2 aromatic heterocycles. The number of aliphatic hydroxyl groups excluding tert-OH is 1. The molecule has 10 heteroatoms. The number of phenols is 1. The number of nitrogens with zero attached hydrogens (tertiary/aromatic N) is 5. The second-order valence-corrected chi connectivity index (χ2v) is 13.9. The summed E-state index contributed by atoms with van der Waals surface area (Å²) < 4.78 is 38.2. The lowest BCUT2D eigenvalue weighted by Gasteiger charge is -2.44. The summed E-state index contributed by atoms with van der Waals surface area (Å²) in [6.07, 6.45) is 14.1. The van der Waals surface area contributed by atoms with Crippen LogP contribution in [0.4, 0.5) is 14.6 Å². The van der Waals surface area contributed by atoms with E-state index in [1.165, 1.54) is 30.5 Å². The lowest BCUT2D eigenvalue weighted by atomic mass is 9.76. The number of aromatic nitrogens is 3. The lowest BCUT2D eigenvalue weighted by molar-refractivity contribution is 0.0133. The maximum Gasteiger partial charge on any atom is 0.319 e. The summed E-state index contributed by atoms with van der Waals surface area (Å²) in [4.78, 5) is 18.6. The Morgan fingerprint density at radius 2 is 1.98 bits per heavy atom. The number of phenolic OH excluding ortho intramolecular Hbond substituents is 1. The van der Waals surface area contributed by atoms with Crippen molar-refractivity contribution >= 4 is 27.5 Å². The Balaban J connectivity index is 1.27. The van der Waals surface area contributed by atoms with E-state index < -0.39 is 11.6 Å². The second-order valence-electron chi connectivity index (χ2n) is 13.9. The molecule has 2 bridgehead atoms. The first kappa shape index (κ1) is 29.3. The molecule has 2 saturated carbocycles. The van der Waals surface area contributed by atoms with Crippen molar-refractivity contribution in [2.24, 2.45) is 17.3 Å². The molecule has 2 saturated heterocycles. The van der Waals surface area contributed by atoms with Gasteiger partial charge in [0.15, 0.2) is 5.82 Å². The smallest absolute Gasteiger partial charge is 0.319 e. The highest BCUT2D eigenvalue weighted by atomic mass is 19.1. The highest BCUT2D eigenvalue weighted by Crippen LogP contribution is 2.48. The predicted octanol–water partition coefficient (Wildman–Crippen LogP) is 5.66. The van der Waals surface area contributed by atoms with Gasteiger partial charge in [0.25, 0.3) is 0 Å². The molecule has 5 atom stereocenters. The fourth-order valence-electron chi connectivity index (χ4n) is 9.06. The van der Waals surface area contributed by atoms with Crippen LogP contribution < -0.4 is 9.64 Å². The van der Waals surface area contributed by atoms with Crippen molar-refractivity contribution < 1.29 is 23.7 Å². The summed E-state index contributed by atoms with van der Waals surface area (Å²) in [5.74, 6) is 1.85. The van der Waals surface area contributed by atoms with Crippen LogP contribution in [-0.4, -0.2) is 75.5 Å². The molecule has 0 radical (unpaired) electrons. The molecule has 8 rings (SSSR count). The Morgan fingerprint density at radius 3 is 2.80 bits per heavy atom.